The third-order valence-corrected chi connectivity index (χ3v) is 5.91. The molecule has 0 saturated carbocycles. The lowest BCUT2D eigenvalue weighted by Crippen LogP contribution is -2.34. The molecule has 2 aromatic rings. The van der Waals surface area contributed by atoms with Crippen LogP contribution >= 0.6 is 11.8 Å². The van der Waals surface area contributed by atoms with E-state index in [1.54, 1.807) is 6.92 Å². The fraction of sp³-hybridized carbons (Fsp3) is 0.280. The van der Waals surface area contributed by atoms with Gasteiger partial charge in [0.25, 0.3) is 0 Å². The van der Waals surface area contributed by atoms with Gasteiger partial charge >= 0.3 is 5.97 Å². The van der Waals surface area contributed by atoms with E-state index in [2.05, 4.69) is 4.99 Å². The summed E-state index contributed by atoms with van der Waals surface area (Å²) in [6.07, 6.45) is 1.94. The van der Waals surface area contributed by atoms with Crippen molar-refractivity contribution in [2.75, 3.05) is 13.2 Å². The van der Waals surface area contributed by atoms with Crippen LogP contribution in [0.2, 0.25) is 0 Å². The van der Waals surface area contributed by atoms with Crippen LogP contribution in [0.3, 0.4) is 0 Å². The Kier molecular flexibility index (Phi) is 6.85. The highest BCUT2D eigenvalue weighted by molar-refractivity contribution is 8.16. The lowest BCUT2D eigenvalue weighted by molar-refractivity contribution is -0.139. The van der Waals surface area contributed by atoms with Crippen molar-refractivity contribution >= 4 is 22.9 Å². The molecule has 4 rings (SSSR count). The first-order valence-corrected chi connectivity index (χ1v) is 11.5. The fourth-order valence-corrected chi connectivity index (χ4v) is 4.51. The molecule has 0 saturated heterocycles. The van der Waals surface area contributed by atoms with Gasteiger partial charge in [0.15, 0.2) is 16.7 Å². The second-order valence-electron chi connectivity index (χ2n) is 7.24. The predicted molar refractivity (Wildman–Crippen MR) is 126 cm³/mol. The number of thioether (sulfide) groups is 1. The van der Waals surface area contributed by atoms with Gasteiger partial charge in [-0.1, -0.05) is 48.2 Å². The van der Waals surface area contributed by atoms with Crippen molar-refractivity contribution in [3.8, 4) is 11.5 Å². The summed E-state index contributed by atoms with van der Waals surface area (Å²) in [6, 6.07) is 15.5. The third-order valence-electron chi connectivity index (χ3n) is 5.14. The highest BCUT2D eigenvalue weighted by Crippen LogP contribution is 2.43. The highest BCUT2D eigenvalue weighted by Gasteiger charge is 2.37. The fourth-order valence-electron chi connectivity index (χ4n) is 3.72. The van der Waals surface area contributed by atoms with Crippen molar-refractivity contribution in [2.45, 2.75) is 33.4 Å². The Labute approximate surface area is 192 Å². The smallest absolute Gasteiger partial charge is 0.338 e. The summed E-state index contributed by atoms with van der Waals surface area (Å²) in [7, 11) is 0. The van der Waals surface area contributed by atoms with Gasteiger partial charge in [-0.25, -0.2) is 9.79 Å². The van der Waals surface area contributed by atoms with Crippen LogP contribution in [0, 0.1) is 0 Å². The molecule has 32 heavy (non-hydrogen) atoms. The van der Waals surface area contributed by atoms with E-state index in [4.69, 9.17) is 14.2 Å². The highest BCUT2D eigenvalue weighted by atomic mass is 32.2. The number of carbonyl (C=O) groups is 1. The summed E-state index contributed by atoms with van der Waals surface area (Å²) < 4.78 is 17.3. The molecule has 2 aromatic carbocycles. The number of aliphatic imine (C=N–C) groups is 1. The van der Waals surface area contributed by atoms with Crippen LogP contribution in [0.15, 0.2) is 76.4 Å². The van der Waals surface area contributed by atoms with Crippen molar-refractivity contribution in [3.63, 3.8) is 0 Å². The van der Waals surface area contributed by atoms with Crippen LogP contribution in [0.25, 0.3) is 0 Å². The first-order chi connectivity index (χ1) is 15.6. The van der Waals surface area contributed by atoms with Gasteiger partial charge in [0.2, 0.25) is 0 Å². The maximum atomic E-state index is 12.9. The molecule has 7 heteroatoms. The molecule has 1 unspecified atom stereocenters. The zero-order chi connectivity index (χ0) is 22.5. The van der Waals surface area contributed by atoms with Gasteiger partial charge in [0.1, 0.15) is 6.61 Å². The van der Waals surface area contributed by atoms with Crippen LogP contribution in [0.5, 0.6) is 11.5 Å². The number of carbonyl (C=O) groups excluding carboxylic acids is 1. The van der Waals surface area contributed by atoms with Crippen molar-refractivity contribution in [2.24, 2.45) is 4.99 Å². The van der Waals surface area contributed by atoms with E-state index in [0.717, 1.165) is 16.3 Å². The Morgan fingerprint density at radius 1 is 1.06 bits per heavy atom. The molecule has 0 spiro atoms. The minimum atomic E-state index is -0.356. The number of hydrogen-bond donors (Lipinski definition) is 0. The Morgan fingerprint density at radius 3 is 2.62 bits per heavy atom. The number of nitrogens with zero attached hydrogens (tertiary/aromatic N) is 2. The molecule has 0 aliphatic carbocycles. The molecule has 1 atom stereocenters. The summed E-state index contributed by atoms with van der Waals surface area (Å²) in [5.41, 5.74) is 3.18. The Hall–Kier alpha value is -3.19. The molecule has 0 amide bonds. The van der Waals surface area contributed by atoms with Crippen LogP contribution < -0.4 is 9.47 Å². The van der Waals surface area contributed by atoms with Gasteiger partial charge in [-0.15, -0.1) is 0 Å². The van der Waals surface area contributed by atoms with E-state index in [1.165, 1.54) is 11.8 Å². The molecule has 0 N–H and O–H groups in total. The lowest BCUT2D eigenvalue weighted by Gasteiger charge is -2.33. The molecule has 0 aromatic heterocycles. The van der Waals surface area contributed by atoms with E-state index < -0.39 is 0 Å². The molecule has 2 aliphatic heterocycles. The molecule has 0 bridgehead atoms. The van der Waals surface area contributed by atoms with Crippen LogP contribution in [0.1, 0.15) is 37.9 Å². The SMILES string of the molecule is CCOC(=O)C1=C(C)N=C2SC=CN2C1c1ccc(OCc2ccccc2)c(OCC)c1. The summed E-state index contributed by atoms with van der Waals surface area (Å²) in [5, 5.41) is 2.80. The number of benzene rings is 2. The summed E-state index contributed by atoms with van der Waals surface area (Å²) >= 11 is 1.53. The summed E-state index contributed by atoms with van der Waals surface area (Å²) in [6.45, 7) is 6.84. The standard InChI is InChI=1S/C25H26N2O4S/c1-4-29-21-15-19(11-12-20(21)31-16-18-9-7-6-8-10-18)23-22(24(28)30-5-2)17(3)26-25-27(23)13-14-32-25/h6-15,23H,4-5,16H2,1-3H3. The first-order valence-electron chi connectivity index (χ1n) is 10.6. The van der Waals surface area contributed by atoms with Crippen molar-refractivity contribution in [1.82, 2.24) is 4.90 Å². The minimum absolute atomic E-state index is 0.306. The molecule has 2 heterocycles. The maximum Gasteiger partial charge on any atom is 0.338 e. The second-order valence-corrected chi connectivity index (χ2v) is 8.11. The van der Waals surface area contributed by atoms with E-state index in [1.807, 2.05) is 78.9 Å². The summed E-state index contributed by atoms with van der Waals surface area (Å²) in [4.78, 5) is 19.5. The maximum absolute atomic E-state index is 12.9. The number of fused-ring (bicyclic) bond motifs is 1. The Bertz CT molecular complexity index is 1080. The number of rotatable bonds is 8. The Balaban J connectivity index is 1.69. The van der Waals surface area contributed by atoms with Gasteiger partial charge < -0.3 is 19.1 Å². The zero-order valence-electron chi connectivity index (χ0n) is 18.4. The lowest BCUT2D eigenvalue weighted by atomic mass is 9.94. The van der Waals surface area contributed by atoms with Crippen molar-refractivity contribution in [3.05, 3.63) is 82.5 Å². The van der Waals surface area contributed by atoms with Crippen LogP contribution in [-0.4, -0.2) is 29.3 Å². The number of amidine groups is 1. The van der Waals surface area contributed by atoms with E-state index >= 15 is 0 Å². The van der Waals surface area contributed by atoms with E-state index in [0.29, 0.717) is 42.6 Å². The van der Waals surface area contributed by atoms with Gasteiger partial charge in [-0.3, -0.25) is 0 Å². The largest absolute Gasteiger partial charge is 0.490 e. The van der Waals surface area contributed by atoms with Crippen LogP contribution in [0.4, 0.5) is 0 Å². The molecule has 6 nitrogen and oxygen atoms in total. The quantitative estimate of drug-likeness (QED) is 0.500. The molecular formula is C25H26N2O4S. The van der Waals surface area contributed by atoms with E-state index in [-0.39, 0.29) is 12.0 Å². The monoisotopic (exact) mass is 450 g/mol. The summed E-state index contributed by atoms with van der Waals surface area (Å²) in [5.74, 6) is 0.945. The van der Waals surface area contributed by atoms with Gasteiger partial charge in [0.05, 0.1) is 30.5 Å². The number of esters is 1. The average Bonchev–Trinajstić information content (AvgIpc) is 3.26. The number of ether oxygens (including phenoxy) is 3. The number of hydrogen-bond acceptors (Lipinski definition) is 7. The second kappa shape index (κ2) is 9.96. The van der Waals surface area contributed by atoms with Crippen molar-refractivity contribution < 1.29 is 19.0 Å². The minimum Gasteiger partial charge on any atom is -0.490 e. The first kappa shape index (κ1) is 22.0. The Morgan fingerprint density at radius 2 is 1.88 bits per heavy atom. The van der Waals surface area contributed by atoms with Gasteiger partial charge in [0, 0.05) is 6.20 Å². The van der Waals surface area contributed by atoms with Gasteiger partial charge in [-0.05, 0) is 49.4 Å². The number of allylic oxidation sites excluding steroid dienone is 1. The molecule has 0 radical (unpaired) electrons. The van der Waals surface area contributed by atoms with Crippen LogP contribution in [-0.2, 0) is 16.1 Å². The third kappa shape index (κ3) is 4.53. The van der Waals surface area contributed by atoms with E-state index in [9.17, 15) is 4.79 Å². The normalized spacial score (nSPS) is 17.2. The average molecular weight is 451 g/mol. The predicted octanol–water partition coefficient (Wildman–Crippen LogP) is 5.43. The molecule has 2 aliphatic rings. The molecular weight excluding hydrogens is 424 g/mol. The molecule has 0 fully saturated rings. The van der Waals surface area contributed by atoms with Gasteiger partial charge in [-0.2, -0.15) is 0 Å². The topological polar surface area (TPSA) is 60.4 Å². The zero-order valence-corrected chi connectivity index (χ0v) is 19.2. The van der Waals surface area contributed by atoms with Crippen molar-refractivity contribution in [1.29, 1.82) is 0 Å². The molecule has 166 valence electrons.